The van der Waals surface area contributed by atoms with Gasteiger partial charge in [-0.05, 0) is 25.2 Å². The average molecular weight is 835 g/mol. The quantitative estimate of drug-likeness (QED) is 0.0345. The molecule has 0 aromatic rings. The molecule has 0 aliphatic carbocycles. The number of ether oxygens (including phenoxy) is 3. The zero-order valence-electron chi connectivity index (χ0n) is 40.2. The van der Waals surface area contributed by atoms with Crippen molar-refractivity contribution in [1.29, 1.82) is 0 Å². The van der Waals surface area contributed by atoms with Crippen molar-refractivity contribution in [3.63, 3.8) is 0 Å². The largest absolute Gasteiger partial charge is 0.462 e. The zero-order chi connectivity index (χ0) is 43.1. The Labute approximate surface area is 368 Å². The maximum atomic E-state index is 12.8. The highest BCUT2D eigenvalue weighted by molar-refractivity contribution is 5.71. The zero-order valence-corrected chi connectivity index (χ0v) is 40.2. The maximum Gasteiger partial charge on any atom is 0.306 e. The summed E-state index contributed by atoms with van der Waals surface area (Å²) in [5.74, 6) is -0.0846. The molecule has 0 aromatic carbocycles. The van der Waals surface area contributed by atoms with Crippen molar-refractivity contribution in [1.82, 2.24) is 0 Å². The first-order valence-corrected chi connectivity index (χ1v) is 26.4. The molecule has 0 amide bonds. The third kappa shape index (κ3) is 47.3. The molecule has 0 aromatic heterocycles. The number of carbonyl (C=O) groups is 3. The topological polar surface area (TPSA) is 78.9 Å². The van der Waals surface area contributed by atoms with Gasteiger partial charge in [-0.1, -0.05) is 259 Å². The minimum Gasteiger partial charge on any atom is -0.462 e. The van der Waals surface area contributed by atoms with Crippen LogP contribution in [-0.4, -0.2) is 37.2 Å². The van der Waals surface area contributed by atoms with Crippen LogP contribution in [0.3, 0.4) is 0 Å². The third-order valence-electron chi connectivity index (χ3n) is 12.0. The Hall–Kier alpha value is -1.59. The Balaban J connectivity index is 4.25. The van der Waals surface area contributed by atoms with E-state index in [0.717, 1.165) is 63.7 Å². The average Bonchev–Trinajstić information content (AvgIpc) is 3.22. The van der Waals surface area contributed by atoms with Crippen molar-refractivity contribution < 1.29 is 28.6 Å². The lowest BCUT2D eigenvalue weighted by Crippen LogP contribution is -2.30. The van der Waals surface area contributed by atoms with Crippen LogP contribution in [0.4, 0.5) is 0 Å². The van der Waals surface area contributed by atoms with Gasteiger partial charge in [-0.3, -0.25) is 14.4 Å². The number of esters is 3. The van der Waals surface area contributed by atoms with E-state index in [0.29, 0.717) is 19.3 Å². The van der Waals surface area contributed by atoms with Gasteiger partial charge in [-0.15, -0.1) is 0 Å². The second kappa shape index (κ2) is 47.5. The lowest BCUT2D eigenvalue weighted by Gasteiger charge is -2.18. The SMILES string of the molecule is CCCCCCCCCCCCCCCCCCC(=O)OC[C@@H](COC(=O)CCCCCCCCC(C)C)OC(=O)CCCCCCCCCCCCCCCCCC. The van der Waals surface area contributed by atoms with E-state index in [4.69, 9.17) is 14.2 Å². The van der Waals surface area contributed by atoms with Crippen molar-refractivity contribution in [3.05, 3.63) is 0 Å². The molecular formula is C53H102O6. The van der Waals surface area contributed by atoms with Gasteiger partial charge in [0.2, 0.25) is 0 Å². The van der Waals surface area contributed by atoms with E-state index in [1.807, 2.05) is 0 Å². The lowest BCUT2D eigenvalue weighted by molar-refractivity contribution is -0.167. The van der Waals surface area contributed by atoms with Gasteiger partial charge in [0, 0.05) is 19.3 Å². The molecule has 0 radical (unpaired) electrons. The molecule has 0 aliphatic heterocycles. The number of rotatable bonds is 48. The van der Waals surface area contributed by atoms with E-state index >= 15 is 0 Å². The third-order valence-corrected chi connectivity index (χ3v) is 12.0. The van der Waals surface area contributed by atoms with Gasteiger partial charge in [0.15, 0.2) is 6.10 Å². The summed E-state index contributed by atoms with van der Waals surface area (Å²) in [5, 5.41) is 0. The molecule has 6 nitrogen and oxygen atoms in total. The van der Waals surface area contributed by atoms with Crippen LogP contribution in [-0.2, 0) is 28.6 Å². The minimum absolute atomic E-state index is 0.0634. The monoisotopic (exact) mass is 835 g/mol. The number of hydrogen-bond donors (Lipinski definition) is 0. The van der Waals surface area contributed by atoms with Gasteiger partial charge in [0.05, 0.1) is 0 Å². The van der Waals surface area contributed by atoms with Crippen molar-refractivity contribution >= 4 is 17.9 Å². The summed E-state index contributed by atoms with van der Waals surface area (Å²) in [5.41, 5.74) is 0. The van der Waals surface area contributed by atoms with Crippen LogP contribution in [0.25, 0.3) is 0 Å². The Morgan fingerprint density at radius 2 is 0.559 bits per heavy atom. The van der Waals surface area contributed by atoms with E-state index in [9.17, 15) is 14.4 Å². The molecule has 0 spiro atoms. The van der Waals surface area contributed by atoms with Gasteiger partial charge in [0.1, 0.15) is 13.2 Å². The first-order chi connectivity index (χ1) is 28.9. The van der Waals surface area contributed by atoms with E-state index in [1.165, 1.54) is 193 Å². The fourth-order valence-corrected chi connectivity index (χ4v) is 8.04. The molecule has 0 saturated carbocycles. The smallest absolute Gasteiger partial charge is 0.306 e. The van der Waals surface area contributed by atoms with Gasteiger partial charge in [-0.25, -0.2) is 0 Å². The highest BCUT2D eigenvalue weighted by Crippen LogP contribution is 2.17. The summed E-state index contributed by atoms with van der Waals surface area (Å²) in [6.07, 6.45) is 49.6. The Morgan fingerprint density at radius 3 is 0.831 bits per heavy atom. The van der Waals surface area contributed by atoms with Crippen molar-refractivity contribution in [3.8, 4) is 0 Å². The van der Waals surface area contributed by atoms with Crippen LogP contribution < -0.4 is 0 Å². The molecule has 0 fully saturated rings. The second-order valence-electron chi connectivity index (χ2n) is 18.6. The molecule has 59 heavy (non-hydrogen) atoms. The minimum atomic E-state index is -0.761. The summed E-state index contributed by atoms with van der Waals surface area (Å²) < 4.78 is 16.8. The van der Waals surface area contributed by atoms with E-state index in [2.05, 4.69) is 27.7 Å². The first kappa shape index (κ1) is 57.4. The number of unbranched alkanes of at least 4 members (excludes halogenated alkanes) is 35. The number of carbonyl (C=O) groups excluding carboxylic acids is 3. The van der Waals surface area contributed by atoms with Crippen LogP contribution in [0.15, 0.2) is 0 Å². The normalized spacial score (nSPS) is 11.9. The van der Waals surface area contributed by atoms with Crippen LogP contribution in [0, 0.1) is 5.92 Å². The Bertz CT molecular complexity index is 887. The highest BCUT2D eigenvalue weighted by atomic mass is 16.6. The molecule has 6 heteroatoms. The summed E-state index contributed by atoms with van der Waals surface area (Å²) in [7, 11) is 0. The van der Waals surface area contributed by atoms with Gasteiger partial charge < -0.3 is 14.2 Å². The van der Waals surface area contributed by atoms with Gasteiger partial charge in [0.25, 0.3) is 0 Å². The van der Waals surface area contributed by atoms with E-state index in [-0.39, 0.29) is 31.1 Å². The van der Waals surface area contributed by atoms with Gasteiger partial charge >= 0.3 is 17.9 Å². The van der Waals surface area contributed by atoms with E-state index < -0.39 is 6.10 Å². The van der Waals surface area contributed by atoms with Crippen LogP contribution >= 0.6 is 0 Å². The summed E-state index contributed by atoms with van der Waals surface area (Å²) in [6, 6.07) is 0. The molecule has 0 bridgehead atoms. The molecule has 1 atom stereocenters. The summed E-state index contributed by atoms with van der Waals surface area (Å²) in [6.45, 7) is 8.97. The number of hydrogen-bond acceptors (Lipinski definition) is 6. The van der Waals surface area contributed by atoms with Crippen LogP contribution in [0.1, 0.15) is 297 Å². The summed E-state index contributed by atoms with van der Waals surface area (Å²) >= 11 is 0. The Morgan fingerprint density at radius 1 is 0.322 bits per heavy atom. The van der Waals surface area contributed by atoms with Crippen LogP contribution in [0.5, 0.6) is 0 Å². The Kier molecular flexibility index (Phi) is 46.2. The predicted octanol–water partition coefficient (Wildman–Crippen LogP) is 17.1. The molecule has 350 valence electrons. The van der Waals surface area contributed by atoms with Gasteiger partial charge in [-0.2, -0.15) is 0 Å². The fraction of sp³-hybridized carbons (Fsp3) is 0.943. The van der Waals surface area contributed by atoms with Crippen molar-refractivity contribution in [2.75, 3.05) is 13.2 Å². The predicted molar refractivity (Wildman–Crippen MR) is 252 cm³/mol. The van der Waals surface area contributed by atoms with Crippen molar-refractivity contribution in [2.24, 2.45) is 5.92 Å². The molecular weight excluding hydrogens is 733 g/mol. The fourth-order valence-electron chi connectivity index (χ4n) is 8.04. The van der Waals surface area contributed by atoms with E-state index in [1.54, 1.807) is 0 Å². The maximum absolute atomic E-state index is 12.8. The molecule has 0 saturated heterocycles. The van der Waals surface area contributed by atoms with Crippen molar-refractivity contribution in [2.45, 2.75) is 303 Å². The summed E-state index contributed by atoms with van der Waals surface area (Å²) in [4.78, 5) is 37.9. The molecule has 0 aliphatic rings. The molecule has 0 rings (SSSR count). The second-order valence-corrected chi connectivity index (χ2v) is 18.6. The highest BCUT2D eigenvalue weighted by Gasteiger charge is 2.19. The molecule has 0 unspecified atom stereocenters. The van der Waals surface area contributed by atoms with Crippen LogP contribution in [0.2, 0.25) is 0 Å². The molecule has 0 heterocycles. The molecule has 0 N–H and O–H groups in total. The lowest BCUT2D eigenvalue weighted by atomic mass is 10.0. The first-order valence-electron chi connectivity index (χ1n) is 26.4. The standard InChI is InChI=1S/C53H102O6/c1-5-7-9-11-13-15-17-19-21-23-25-27-29-31-36-40-44-51(54)57-47-50(48-58-52(55)45-41-37-34-33-35-39-43-49(3)4)59-53(56)46-42-38-32-30-28-26-24-22-20-18-16-14-12-10-8-6-2/h49-50H,5-48H2,1-4H3/t50-/m0/s1.